The van der Waals surface area contributed by atoms with Gasteiger partial charge in [0.15, 0.2) is 0 Å². The van der Waals surface area contributed by atoms with Crippen molar-refractivity contribution >= 4 is 17.7 Å². The molecule has 1 saturated carbocycles. The number of likely N-dealkylation sites (tertiary alicyclic amines) is 1. The van der Waals surface area contributed by atoms with Crippen molar-refractivity contribution in [2.45, 2.75) is 94.8 Å². The summed E-state index contributed by atoms with van der Waals surface area (Å²) in [5.41, 5.74) is 7.41. The Labute approximate surface area is 245 Å². The Morgan fingerprint density at radius 1 is 1.23 bits per heavy atom. The van der Waals surface area contributed by atoms with Gasteiger partial charge >= 0.3 is 0 Å². The molecule has 6 unspecified atom stereocenters. The van der Waals surface area contributed by atoms with Gasteiger partial charge in [0.2, 0.25) is 5.91 Å². The molecule has 0 bridgehead atoms. The third-order valence-corrected chi connectivity index (χ3v) is 9.70. The molecule has 1 aromatic rings. The molecule has 6 atom stereocenters. The molecular formula is C32H51N5O2S. The van der Waals surface area contributed by atoms with Gasteiger partial charge in [-0.15, -0.1) is 11.8 Å². The van der Waals surface area contributed by atoms with Gasteiger partial charge in [-0.1, -0.05) is 69.2 Å². The Hall–Kier alpha value is -1.84. The highest BCUT2D eigenvalue weighted by atomic mass is 32.2. The summed E-state index contributed by atoms with van der Waals surface area (Å²) in [7, 11) is 0. The van der Waals surface area contributed by atoms with Crippen LogP contribution in [0.15, 0.2) is 53.6 Å². The van der Waals surface area contributed by atoms with Crippen LogP contribution in [0.2, 0.25) is 0 Å². The molecule has 0 aromatic heterocycles. The summed E-state index contributed by atoms with van der Waals surface area (Å²) in [5, 5.41) is 22.4. The molecule has 4 rings (SSSR count). The second-order valence-corrected chi connectivity index (χ2v) is 14.3. The van der Waals surface area contributed by atoms with Gasteiger partial charge in [0.25, 0.3) is 0 Å². The molecule has 0 spiro atoms. The minimum atomic E-state index is -0.780. The van der Waals surface area contributed by atoms with Crippen molar-refractivity contribution < 1.29 is 9.90 Å². The zero-order valence-electron chi connectivity index (χ0n) is 24.7. The van der Waals surface area contributed by atoms with Gasteiger partial charge in [-0.05, 0) is 61.8 Å². The Morgan fingerprint density at radius 2 is 1.95 bits per heavy atom. The van der Waals surface area contributed by atoms with Gasteiger partial charge in [0.05, 0.1) is 23.9 Å². The molecule has 40 heavy (non-hydrogen) atoms. The van der Waals surface area contributed by atoms with Crippen LogP contribution in [0, 0.1) is 11.8 Å². The summed E-state index contributed by atoms with van der Waals surface area (Å²) >= 11 is 1.93. The molecule has 6 N–H and O–H groups in total. The standard InChI is InChI=1S/C32H51N5O2S/c1-22(18-34-19-27-15-14-23(2)40-27)35-28(16-24-10-6-5-7-11-24)30(38)21-37-20-26-13-9-8-12-25(26)17-29(37)31(39)36-32(3,4)33/h5-7,10-11,15,23,25-26,28-30,34-35,38H,1,8-9,12-14,16-21,33H2,2-4H3,(H,36,39). The molecule has 1 aliphatic carbocycles. The summed E-state index contributed by atoms with van der Waals surface area (Å²) in [6, 6.07) is 9.77. The number of amides is 1. The molecule has 0 radical (unpaired) electrons. The number of thioether (sulfide) groups is 1. The first-order valence-corrected chi connectivity index (χ1v) is 16.0. The van der Waals surface area contributed by atoms with E-state index in [0.717, 1.165) is 37.2 Å². The zero-order valence-corrected chi connectivity index (χ0v) is 25.5. The number of piperidine rings is 1. The first-order valence-electron chi connectivity index (χ1n) is 15.1. The average molecular weight is 570 g/mol. The molecule has 1 amide bonds. The third-order valence-electron chi connectivity index (χ3n) is 8.49. The molecule has 7 nitrogen and oxygen atoms in total. The summed E-state index contributed by atoms with van der Waals surface area (Å²) < 4.78 is 0. The van der Waals surface area contributed by atoms with E-state index in [0.29, 0.717) is 36.6 Å². The maximum Gasteiger partial charge on any atom is 0.238 e. The van der Waals surface area contributed by atoms with Crippen LogP contribution in [0.1, 0.15) is 64.9 Å². The highest BCUT2D eigenvalue weighted by molar-refractivity contribution is 8.03. The summed E-state index contributed by atoms with van der Waals surface area (Å²) in [5.74, 6) is 1.12. The summed E-state index contributed by atoms with van der Waals surface area (Å²) in [6.45, 7) is 12.9. The number of allylic oxidation sites excluding steroid dienone is 1. The molecule has 222 valence electrons. The van der Waals surface area contributed by atoms with Gasteiger partial charge in [0, 0.05) is 37.1 Å². The molecule has 3 aliphatic rings. The Bertz CT molecular complexity index is 1010. The van der Waals surface area contributed by atoms with Crippen molar-refractivity contribution in [3.05, 3.63) is 59.2 Å². The number of carbonyl (C=O) groups excluding carboxylic acids is 1. The number of fused-ring (bicyclic) bond motifs is 1. The molecule has 2 aliphatic heterocycles. The number of nitrogens with zero attached hydrogens (tertiary/aromatic N) is 1. The van der Waals surface area contributed by atoms with Crippen LogP contribution in [0.4, 0.5) is 0 Å². The maximum atomic E-state index is 13.4. The number of aliphatic hydroxyl groups is 1. The molecular weight excluding hydrogens is 518 g/mol. The fraction of sp³-hybridized carbons (Fsp3) is 0.656. The van der Waals surface area contributed by atoms with Gasteiger partial charge < -0.3 is 26.8 Å². The normalized spacial score (nSPS) is 26.9. The van der Waals surface area contributed by atoms with Crippen molar-refractivity contribution in [2.75, 3.05) is 26.2 Å². The number of aliphatic hydroxyl groups excluding tert-OH is 1. The monoisotopic (exact) mass is 569 g/mol. The van der Waals surface area contributed by atoms with Crippen molar-refractivity contribution in [1.82, 2.24) is 20.9 Å². The SMILES string of the molecule is C=C(CNCC1=CCC(C)S1)NC(Cc1ccccc1)C(O)CN1CC2CCCCC2CC1C(=O)NC(C)(C)N. The van der Waals surface area contributed by atoms with E-state index < -0.39 is 11.8 Å². The Kier molecular flexibility index (Phi) is 11.2. The number of β-amino-alcohol motifs (C(OH)–C–C–N with tert-alkyl or cyclic N) is 1. The van der Waals surface area contributed by atoms with Crippen molar-refractivity contribution in [3.63, 3.8) is 0 Å². The van der Waals surface area contributed by atoms with E-state index in [1.807, 2.05) is 43.8 Å². The molecule has 1 saturated heterocycles. The number of hydrogen-bond donors (Lipinski definition) is 5. The number of nitrogens with two attached hydrogens (primary N) is 1. The second kappa shape index (κ2) is 14.4. The highest BCUT2D eigenvalue weighted by Gasteiger charge is 2.41. The minimum absolute atomic E-state index is 0.0293. The van der Waals surface area contributed by atoms with Gasteiger partial charge in [-0.25, -0.2) is 0 Å². The van der Waals surface area contributed by atoms with Crippen LogP contribution in [0.3, 0.4) is 0 Å². The van der Waals surface area contributed by atoms with Crippen LogP contribution < -0.4 is 21.7 Å². The van der Waals surface area contributed by atoms with Crippen molar-refractivity contribution in [2.24, 2.45) is 17.6 Å². The first-order chi connectivity index (χ1) is 19.1. The number of hydrogen-bond acceptors (Lipinski definition) is 7. The minimum Gasteiger partial charge on any atom is -0.390 e. The van der Waals surface area contributed by atoms with E-state index in [-0.39, 0.29) is 18.0 Å². The van der Waals surface area contributed by atoms with Crippen LogP contribution in [0.25, 0.3) is 0 Å². The Balaban J connectivity index is 1.42. The van der Waals surface area contributed by atoms with Gasteiger partial charge in [-0.2, -0.15) is 0 Å². The summed E-state index contributed by atoms with van der Waals surface area (Å²) in [6.07, 6.45) is 9.17. The fourth-order valence-electron chi connectivity index (χ4n) is 6.51. The van der Waals surface area contributed by atoms with Crippen molar-refractivity contribution in [3.8, 4) is 0 Å². The van der Waals surface area contributed by atoms with Gasteiger partial charge in [0.1, 0.15) is 0 Å². The summed E-state index contributed by atoms with van der Waals surface area (Å²) in [4.78, 5) is 17.0. The largest absolute Gasteiger partial charge is 0.390 e. The zero-order chi connectivity index (χ0) is 28.7. The fourth-order valence-corrected chi connectivity index (χ4v) is 7.60. The number of rotatable bonds is 13. The predicted molar refractivity (Wildman–Crippen MR) is 167 cm³/mol. The van der Waals surface area contributed by atoms with E-state index in [1.165, 1.54) is 30.6 Å². The third kappa shape index (κ3) is 9.35. The topological polar surface area (TPSA) is 103 Å². The molecule has 2 heterocycles. The number of nitrogens with one attached hydrogen (secondary N) is 3. The highest BCUT2D eigenvalue weighted by Crippen LogP contribution is 2.39. The van der Waals surface area contributed by atoms with Gasteiger partial charge in [-0.3, -0.25) is 9.69 Å². The van der Waals surface area contributed by atoms with E-state index >= 15 is 0 Å². The van der Waals surface area contributed by atoms with Crippen molar-refractivity contribution in [1.29, 1.82) is 0 Å². The lowest BCUT2D eigenvalue weighted by Crippen LogP contribution is -2.62. The maximum absolute atomic E-state index is 13.4. The second-order valence-electron chi connectivity index (χ2n) is 12.8. The average Bonchev–Trinajstić information content (AvgIpc) is 3.32. The smallest absolute Gasteiger partial charge is 0.238 e. The Morgan fingerprint density at radius 3 is 2.62 bits per heavy atom. The number of carbonyl (C=O) groups is 1. The van der Waals surface area contributed by atoms with E-state index in [4.69, 9.17) is 5.73 Å². The van der Waals surface area contributed by atoms with Crippen LogP contribution in [-0.4, -0.2) is 71.2 Å². The molecule has 8 heteroatoms. The molecule has 2 fully saturated rings. The van der Waals surface area contributed by atoms with E-state index in [2.05, 4.69) is 52.6 Å². The number of benzene rings is 1. The lowest BCUT2D eigenvalue weighted by Gasteiger charge is -2.47. The lowest BCUT2D eigenvalue weighted by molar-refractivity contribution is -0.132. The van der Waals surface area contributed by atoms with Crippen LogP contribution in [0.5, 0.6) is 0 Å². The predicted octanol–water partition coefficient (Wildman–Crippen LogP) is 3.75. The molecule has 1 aromatic carbocycles. The lowest BCUT2D eigenvalue weighted by atomic mass is 9.72. The van der Waals surface area contributed by atoms with E-state index in [1.54, 1.807) is 0 Å². The quantitative estimate of drug-likeness (QED) is 0.231. The first kappa shape index (κ1) is 31.1. The van der Waals surface area contributed by atoms with E-state index in [9.17, 15) is 9.90 Å². The van der Waals surface area contributed by atoms with Crippen LogP contribution >= 0.6 is 11.8 Å². The van der Waals surface area contributed by atoms with Crippen LogP contribution in [-0.2, 0) is 11.2 Å².